The largest absolute Gasteiger partial charge is 0.507 e. The van der Waals surface area contributed by atoms with E-state index in [9.17, 15) is 5.11 Å². The first-order valence-corrected chi connectivity index (χ1v) is 7.77. The van der Waals surface area contributed by atoms with Gasteiger partial charge in [-0.05, 0) is 25.0 Å². The van der Waals surface area contributed by atoms with Gasteiger partial charge in [-0.3, -0.25) is 0 Å². The van der Waals surface area contributed by atoms with Crippen LogP contribution in [0.15, 0.2) is 36.4 Å². The molecule has 1 saturated heterocycles. The third kappa shape index (κ3) is 2.27. The van der Waals surface area contributed by atoms with E-state index in [4.69, 9.17) is 10.5 Å². The highest BCUT2D eigenvalue weighted by Gasteiger charge is 2.27. The zero-order chi connectivity index (χ0) is 15.8. The zero-order valence-corrected chi connectivity index (χ0v) is 12.6. The number of hydrogen-bond acceptors (Lipinski definition) is 5. The molecule has 0 bridgehead atoms. The number of fused-ring (bicyclic) bond motifs is 1. The van der Waals surface area contributed by atoms with Crippen LogP contribution in [0, 0.1) is 0 Å². The van der Waals surface area contributed by atoms with Crippen LogP contribution in [0.2, 0.25) is 0 Å². The van der Waals surface area contributed by atoms with E-state index < -0.39 is 0 Å². The van der Waals surface area contributed by atoms with Gasteiger partial charge in [0, 0.05) is 23.9 Å². The van der Waals surface area contributed by atoms with Gasteiger partial charge in [0.15, 0.2) is 0 Å². The second-order valence-electron chi connectivity index (χ2n) is 5.69. The van der Waals surface area contributed by atoms with Crippen LogP contribution in [0.3, 0.4) is 0 Å². The van der Waals surface area contributed by atoms with Crippen molar-refractivity contribution < 1.29 is 9.84 Å². The van der Waals surface area contributed by atoms with Crippen LogP contribution in [0.25, 0.3) is 16.5 Å². The lowest BCUT2D eigenvalue weighted by molar-refractivity contribution is 0.106. The van der Waals surface area contributed by atoms with E-state index in [1.807, 2.05) is 30.3 Å². The smallest absolute Gasteiger partial charge is 0.123 e. The summed E-state index contributed by atoms with van der Waals surface area (Å²) in [6.07, 6.45) is 1.93. The minimum Gasteiger partial charge on any atom is -0.507 e. The van der Waals surface area contributed by atoms with Crippen LogP contribution in [0.1, 0.15) is 30.3 Å². The number of nitrogens with two attached hydrogens (primary N) is 1. The fourth-order valence-electron chi connectivity index (χ4n) is 3.22. The number of ether oxygens (including phenoxy) is 1. The molecule has 6 nitrogen and oxygen atoms in total. The summed E-state index contributed by atoms with van der Waals surface area (Å²) in [5, 5.41) is 20.3. The third-order valence-corrected chi connectivity index (χ3v) is 4.31. The molecular weight excluding hydrogens is 292 g/mol. The molecule has 0 saturated carbocycles. The number of hydrogen-bond donors (Lipinski definition) is 2. The molecule has 6 heteroatoms. The molecule has 0 radical (unpaired) electrons. The second kappa shape index (κ2) is 5.64. The molecule has 3 N–H and O–H groups in total. The Balaban J connectivity index is 1.95. The molecule has 1 aliphatic heterocycles. The van der Waals surface area contributed by atoms with Gasteiger partial charge in [0.2, 0.25) is 0 Å². The maximum Gasteiger partial charge on any atom is 0.123 e. The van der Waals surface area contributed by atoms with Crippen LogP contribution >= 0.6 is 0 Å². The van der Waals surface area contributed by atoms with E-state index >= 15 is 0 Å². The summed E-state index contributed by atoms with van der Waals surface area (Å²) in [5.74, 6) is 0.252. The van der Waals surface area contributed by atoms with Gasteiger partial charge in [-0.25, -0.2) is 4.68 Å². The van der Waals surface area contributed by atoms with Crippen molar-refractivity contribution in [2.24, 2.45) is 5.73 Å². The molecule has 0 spiro atoms. The van der Waals surface area contributed by atoms with Gasteiger partial charge in [0.05, 0.1) is 11.4 Å². The molecule has 1 atom stereocenters. The highest BCUT2D eigenvalue weighted by atomic mass is 16.5. The SMILES string of the molecule is NCc1nnn(-c2cccc3c(O)cccc23)c1C1CCCO1. The lowest BCUT2D eigenvalue weighted by Gasteiger charge is -2.15. The topological polar surface area (TPSA) is 86.2 Å². The number of nitrogens with zero attached hydrogens (tertiary/aromatic N) is 3. The Labute approximate surface area is 133 Å². The normalized spacial score (nSPS) is 17.9. The van der Waals surface area contributed by atoms with Crippen LogP contribution in [0.4, 0.5) is 0 Å². The number of aromatic hydroxyl groups is 1. The summed E-state index contributed by atoms with van der Waals surface area (Å²) < 4.78 is 7.64. The number of aromatic nitrogens is 3. The molecule has 1 fully saturated rings. The van der Waals surface area contributed by atoms with E-state index in [2.05, 4.69) is 10.3 Å². The van der Waals surface area contributed by atoms with Crippen molar-refractivity contribution in [3.8, 4) is 11.4 Å². The van der Waals surface area contributed by atoms with Crippen molar-refractivity contribution in [1.82, 2.24) is 15.0 Å². The number of rotatable bonds is 3. The van der Waals surface area contributed by atoms with Crippen molar-refractivity contribution in [1.29, 1.82) is 0 Å². The Morgan fingerprint density at radius 2 is 2.04 bits per heavy atom. The number of phenolic OH excluding ortho intramolecular Hbond substituents is 1. The Bertz CT molecular complexity index is 853. The molecular formula is C17H18N4O2. The first-order valence-electron chi connectivity index (χ1n) is 7.77. The Morgan fingerprint density at radius 3 is 2.83 bits per heavy atom. The lowest BCUT2D eigenvalue weighted by Crippen LogP contribution is -2.11. The zero-order valence-electron chi connectivity index (χ0n) is 12.6. The van der Waals surface area contributed by atoms with E-state index in [1.54, 1.807) is 10.7 Å². The second-order valence-corrected chi connectivity index (χ2v) is 5.69. The molecule has 0 amide bonds. The maximum atomic E-state index is 10.1. The van der Waals surface area contributed by atoms with Crippen LogP contribution in [0.5, 0.6) is 5.75 Å². The Hall–Kier alpha value is -2.44. The van der Waals surface area contributed by atoms with Crippen molar-refractivity contribution in [3.63, 3.8) is 0 Å². The molecule has 1 unspecified atom stereocenters. The van der Waals surface area contributed by atoms with Gasteiger partial charge in [-0.15, -0.1) is 5.10 Å². The van der Waals surface area contributed by atoms with E-state index in [0.29, 0.717) is 6.54 Å². The van der Waals surface area contributed by atoms with Crippen molar-refractivity contribution in [3.05, 3.63) is 47.8 Å². The van der Waals surface area contributed by atoms with Crippen LogP contribution < -0.4 is 5.73 Å². The highest BCUT2D eigenvalue weighted by Crippen LogP contribution is 2.34. The van der Waals surface area contributed by atoms with Crippen LogP contribution in [-0.4, -0.2) is 26.7 Å². The average molecular weight is 310 g/mol. The summed E-state index contributed by atoms with van der Waals surface area (Å²) in [6, 6.07) is 11.2. The summed E-state index contributed by atoms with van der Waals surface area (Å²) in [4.78, 5) is 0. The van der Waals surface area contributed by atoms with Gasteiger partial charge >= 0.3 is 0 Å². The Kier molecular flexibility index (Phi) is 3.48. The van der Waals surface area contributed by atoms with Crippen molar-refractivity contribution in [2.75, 3.05) is 6.61 Å². The van der Waals surface area contributed by atoms with Crippen LogP contribution in [-0.2, 0) is 11.3 Å². The lowest BCUT2D eigenvalue weighted by atomic mass is 10.1. The van der Waals surface area contributed by atoms with Gasteiger partial charge in [0.1, 0.15) is 17.5 Å². The van der Waals surface area contributed by atoms with Crippen molar-refractivity contribution >= 4 is 10.8 Å². The minimum atomic E-state index is -0.0314. The quantitative estimate of drug-likeness (QED) is 0.776. The summed E-state index contributed by atoms with van der Waals surface area (Å²) in [6.45, 7) is 1.07. The third-order valence-electron chi connectivity index (χ3n) is 4.31. The molecule has 2 heterocycles. The molecule has 4 rings (SSSR count). The molecule has 1 aromatic heterocycles. The van der Waals surface area contributed by atoms with Gasteiger partial charge in [0.25, 0.3) is 0 Å². The number of phenols is 1. The fourth-order valence-corrected chi connectivity index (χ4v) is 3.22. The molecule has 118 valence electrons. The minimum absolute atomic E-state index is 0.0314. The summed E-state index contributed by atoms with van der Waals surface area (Å²) >= 11 is 0. The first kappa shape index (κ1) is 14.2. The molecule has 0 aliphatic carbocycles. The summed E-state index contributed by atoms with van der Waals surface area (Å²) in [7, 11) is 0. The van der Waals surface area contributed by atoms with Gasteiger partial charge in [-0.2, -0.15) is 0 Å². The standard InChI is InChI=1S/C17H18N4O2/c18-10-13-17(16-8-3-9-23-16)21(20-19-13)14-6-1-5-12-11(14)4-2-7-15(12)22/h1-2,4-7,16,22H,3,8-10,18H2. The van der Waals surface area contributed by atoms with Gasteiger partial charge < -0.3 is 15.6 Å². The monoisotopic (exact) mass is 310 g/mol. The Morgan fingerprint density at radius 1 is 1.22 bits per heavy atom. The van der Waals surface area contributed by atoms with Gasteiger partial charge in [-0.1, -0.05) is 29.5 Å². The molecule has 23 heavy (non-hydrogen) atoms. The first-order chi connectivity index (χ1) is 11.3. The van der Waals surface area contributed by atoms with E-state index in [-0.39, 0.29) is 11.9 Å². The van der Waals surface area contributed by atoms with E-state index in [1.165, 1.54) is 0 Å². The molecule has 2 aromatic carbocycles. The average Bonchev–Trinajstić information content (AvgIpc) is 3.23. The fraction of sp³-hybridized carbons (Fsp3) is 0.294. The highest BCUT2D eigenvalue weighted by molar-refractivity contribution is 5.94. The number of benzene rings is 2. The summed E-state index contributed by atoms with van der Waals surface area (Å²) in [5.41, 5.74) is 8.38. The predicted molar refractivity (Wildman–Crippen MR) is 86.3 cm³/mol. The molecule has 1 aliphatic rings. The van der Waals surface area contributed by atoms with Crippen molar-refractivity contribution in [2.45, 2.75) is 25.5 Å². The molecule has 3 aromatic rings. The maximum absolute atomic E-state index is 10.1. The predicted octanol–water partition coefficient (Wildman–Crippen LogP) is 2.44. The van der Waals surface area contributed by atoms with E-state index in [0.717, 1.165) is 47.3 Å².